The Balaban J connectivity index is 2.52. The van der Waals surface area contributed by atoms with Gasteiger partial charge in [0.2, 0.25) is 0 Å². The fourth-order valence-corrected chi connectivity index (χ4v) is 2.33. The highest BCUT2D eigenvalue weighted by Gasteiger charge is 2.33. The third-order valence-corrected chi connectivity index (χ3v) is 3.25. The van der Waals surface area contributed by atoms with E-state index in [9.17, 15) is 13.2 Å². The van der Waals surface area contributed by atoms with Crippen LogP contribution in [0.4, 0.5) is 13.2 Å². The number of nitrogens with two attached hydrogens (primary N) is 1. The zero-order valence-corrected chi connectivity index (χ0v) is 12.0. The molecule has 3 nitrogen and oxygen atoms in total. The van der Waals surface area contributed by atoms with Crippen LogP contribution in [0.25, 0.3) is 5.69 Å². The van der Waals surface area contributed by atoms with Crippen LogP contribution in [0.2, 0.25) is 0 Å². The monoisotopic (exact) mass is 297 g/mol. The third kappa shape index (κ3) is 3.44. The van der Waals surface area contributed by atoms with Gasteiger partial charge in [-0.3, -0.25) is 0 Å². The van der Waals surface area contributed by atoms with Gasteiger partial charge in [0.15, 0.2) is 0 Å². The number of rotatable bonds is 4. The average molecular weight is 297 g/mol. The third-order valence-electron chi connectivity index (χ3n) is 3.25. The molecule has 0 spiro atoms. The lowest BCUT2D eigenvalue weighted by Gasteiger charge is -2.17. The molecule has 0 aliphatic rings. The Morgan fingerprint density at radius 1 is 1.33 bits per heavy atom. The quantitative estimate of drug-likeness (QED) is 0.940. The van der Waals surface area contributed by atoms with Crippen molar-refractivity contribution >= 4 is 0 Å². The van der Waals surface area contributed by atoms with Crippen molar-refractivity contribution in [2.75, 3.05) is 0 Å². The number of aryl methyl sites for hydroxylation is 1. The minimum atomic E-state index is -4.40. The summed E-state index contributed by atoms with van der Waals surface area (Å²) >= 11 is 0. The molecule has 0 radical (unpaired) electrons. The lowest BCUT2D eigenvalue weighted by atomic mass is 10.00. The van der Waals surface area contributed by atoms with Gasteiger partial charge in [0.25, 0.3) is 0 Å². The lowest BCUT2D eigenvalue weighted by Crippen LogP contribution is -2.21. The Labute approximate surface area is 121 Å². The molecule has 2 aromatic rings. The number of benzene rings is 1. The van der Waals surface area contributed by atoms with E-state index in [1.807, 2.05) is 6.92 Å². The summed E-state index contributed by atoms with van der Waals surface area (Å²) in [5, 5.41) is 0. The predicted octanol–water partition coefficient (Wildman–Crippen LogP) is 3.34. The molecule has 1 unspecified atom stereocenters. The van der Waals surface area contributed by atoms with Crippen LogP contribution < -0.4 is 5.73 Å². The number of aromatic nitrogens is 2. The Hall–Kier alpha value is -1.82. The minimum absolute atomic E-state index is 0.194. The minimum Gasteiger partial charge on any atom is -0.328 e. The first kappa shape index (κ1) is 15.6. The van der Waals surface area contributed by atoms with Gasteiger partial charge in [-0.25, -0.2) is 4.98 Å². The molecule has 114 valence electrons. The topological polar surface area (TPSA) is 43.8 Å². The molecule has 6 heteroatoms. The van der Waals surface area contributed by atoms with Crippen LogP contribution in [-0.2, 0) is 19.0 Å². The van der Waals surface area contributed by atoms with E-state index < -0.39 is 11.7 Å². The SMILES string of the molecule is CCc1nccn1-c1ccc(CC(C)N)c(C(F)(F)F)c1. The molecule has 0 amide bonds. The number of hydrogen-bond donors (Lipinski definition) is 1. The van der Waals surface area contributed by atoms with Crippen LogP contribution in [-0.4, -0.2) is 15.6 Å². The molecule has 21 heavy (non-hydrogen) atoms. The van der Waals surface area contributed by atoms with Crippen molar-refractivity contribution in [2.24, 2.45) is 5.73 Å². The Kier molecular flexibility index (Phi) is 4.37. The van der Waals surface area contributed by atoms with Crippen molar-refractivity contribution in [3.05, 3.63) is 47.5 Å². The molecule has 1 atom stereocenters. The van der Waals surface area contributed by atoms with Gasteiger partial charge in [-0.05, 0) is 31.0 Å². The number of alkyl halides is 3. The smallest absolute Gasteiger partial charge is 0.328 e. The zero-order chi connectivity index (χ0) is 15.6. The maximum absolute atomic E-state index is 13.2. The van der Waals surface area contributed by atoms with Crippen molar-refractivity contribution in [3.8, 4) is 5.69 Å². The average Bonchev–Trinajstić information content (AvgIpc) is 2.85. The van der Waals surface area contributed by atoms with Gasteiger partial charge in [0, 0.05) is 30.5 Å². The number of hydrogen-bond acceptors (Lipinski definition) is 2. The summed E-state index contributed by atoms with van der Waals surface area (Å²) in [6.45, 7) is 3.60. The van der Waals surface area contributed by atoms with Crippen LogP contribution >= 0.6 is 0 Å². The molecule has 0 bridgehead atoms. The first-order valence-electron chi connectivity index (χ1n) is 6.81. The summed E-state index contributed by atoms with van der Waals surface area (Å²) < 4.78 is 41.4. The molecule has 0 aliphatic carbocycles. The molecule has 1 aromatic heterocycles. The van der Waals surface area contributed by atoms with Crippen molar-refractivity contribution in [1.29, 1.82) is 0 Å². The molecule has 0 aliphatic heterocycles. The lowest BCUT2D eigenvalue weighted by molar-refractivity contribution is -0.138. The Bertz CT molecular complexity index is 615. The summed E-state index contributed by atoms with van der Waals surface area (Å²) in [5.41, 5.74) is 5.69. The second-order valence-corrected chi connectivity index (χ2v) is 5.09. The van der Waals surface area contributed by atoms with E-state index >= 15 is 0 Å². The number of nitrogens with zero attached hydrogens (tertiary/aromatic N) is 2. The zero-order valence-electron chi connectivity index (χ0n) is 12.0. The van der Waals surface area contributed by atoms with Crippen molar-refractivity contribution < 1.29 is 13.2 Å². The van der Waals surface area contributed by atoms with Gasteiger partial charge >= 0.3 is 6.18 Å². The van der Waals surface area contributed by atoms with E-state index in [2.05, 4.69) is 4.98 Å². The molecule has 0 saturated carbocycles. The summed E-state index contributed by atoms with van der Waals surface area (Å²) in [5.74, 6) is 0.725. The van der Waals surface area contributed by atoms with Crippen LogP contribution in [0.15, 0.2) is 30.6 Å². The van der Waals surface area contributed by atoms with Gasteiger partial charge in [0.1, 0.15) is 5.82 Å². The van der Waals surface area contributed by atoms with Crippen molar-refractivity contribution in [1.82, 2.24) is 9.55 Å². The van der Waals surface area contributed by atoms with Crippen LogP contribution in [0.3, 0.4) is 0 Å². The molecule has 0 saturated heterocycles. The van der Waals surface area contributed by atoms with E-state index in [1.165, 1.54) is 12.1 Å². The Morgan fingerprint density at radius 2 is 2.05 bits per heavy atom. The van der Waals surface area contributed by atoms with Gasteiger partial charge in [-0.15, -0.1) is 0 Å². The summed E-state index contributed by atoms with van der Waals surface area (Å²) in [6, 6.07) is 4.02. The molecular formula is C15H18F3N3. The van der Waals surface area contributed by atoms with Crippen molar-refractivity contribution in [2.45, 2.75) is 38.9 Å². The van der Waals surface area contributed by atoms with Gasteiger partial charge in [-0.1, -0.05) is 13.0 Å². The maximum atomic E-state index is 13.2. The van der Waals surface area contributed by atoms with E-state index in [1.54, 1.807) is 30.0 Å². The second-order valence-electron chi connectivity index (χ2n) is 5.09. The molecule has 1 aromatic carbocycles. The second kappa shape index (κ2) is 5.89. The van der Waals surface area contributed by atoms with Crippen molar-refractivity contribution in [3.63, 3.8) is 0 Å². The molecular weight excluding hydrogens is 279 g/mol. The largest absolute Gasteiger partial charge is 0.416 e. The van der Waals surface area contributed by atoms with E-state index in [-0.39, 0.29) is 18.0 Å². The first-order valence-corrected chi connectivity index (χ1v) is 6.81. The predicted molar refractivity (Wildman–Crippen MR) is 75.3 cm³/mol. The summed E-state index contributed by atoms with van der Waals surface area (Å²) in [4.78, 5) is 4.14. The van der Waals surface area contributed by atoms with E-state index in [0.29, 0.717) is 12.1 Å². The molecule has 1 heterocycles. The fraction of sp³-hybridized carbons (Fsp3) is 0.400. The van der Waals surface area contributed by atoms with Crippen LogP contribution in [0.5, 0.6) is 0 Å². The van der Waals surface area contributed by atoms with E-state index in [0.717, 1.165) is 5.82 Å². The Morgan fingerprint density at radius 3 is 2.62 bits per heavy atom. The first-order chi connectivity index (χ1) is 9.82. The molecule has 2 N–H and O–H groups in total. The highest BCUT2D eigenvalue weighted by molar-refractivity contribution is 5.43. The fourth-order valence-electron chi connectivity index (χ4n) is 2.33. The highest BCUT2D eigenvalue weighted by Crippen LogP contribution is 2.34. The van der Waals surface area contributed by atoms with Gasteiger partial charge < -0.3 is 10.3 Å². The number of halogens is 3. The summed E-state index contributed by atoms with van der Waals surface area (Å²) in [6.07, 6.45) is -0.301. The maximum Gasteiger partial charge on any atom is 0.416 e. The van der Waals surface area contributed by atoms with Gasteiger partial charge in [0.05, 0.1) is 5.56 Å². The molecule has 2 rings (SSSR count). The standard InChI is InChI=1S/C15H18F3N3/c1-3-14-20-6-7-21(14)12-5-4-11(8-10(2)19)13(9-12)15(16,17)18/h4-7,9-10H,3,8,19H2,1-2H3. The normalized spacial score (nSPS) is 13.4. The summed E-state index contributed by atoms with van der Waals surface area (Å²) in [7, 11) is 0. The van der Waals surface area contributed by atoms with Gasteiger partial charge in [-0.2, -0.15) is 13.2 Å². The number of imidazole rings is 1. The van der Waals surface area contributed by atoms with Crippen LogP contribution in [0, 0.1) is 0 Å². The van der Waals surface area contributed by atoms with E-state index in [4.69, 9.17) is 5.73 Å². The molecule has 0 fully saturated rings. The highest BCUT2D eigenvalue weighted by atomic mass is 19.4. The van der Waals surface area contributed by atoms with Crippen LogP contribution in [0.1, 0.15) is 30.8 Å².